The van der Waals surface area contributed by atoms with Gasteiger partial charge in [-0.2, -0.15) is 0 Å². The van der Waals surface area contributed by atoms with Crippen molar-refractivity contribution in [3.05, 3.63) is 57.4 Å². The van der Waals surface area contributed by atoms with Crippen molar-refractivity contribution in [1.29, 1.82) is 0 Å². The number of carbonyl (C=O) groups excluding carboxylic acids is 1. The van der Waals surface area contributed by atoms with E-state index < -0.39 is 12.1 Å². The van der Waals surface area contributed by atoms with Crippen LogP contribution in [0, 0.1) is 0 Å². The standard InChI is InChI=1S/C22H22N2O5/c1-3-14-15-9-13(25)6-7-17(15)23-20-16(14)10-24-18(20)8-5-12(21(24)27)11-29-22(28)19(26)4-2/h5-9,19,25-26H,3-4,10-11H2,1-2H3. The third-order valence-electron chi connectivity index (χ3n) is 5.38. The van der Waals surface area contributed by atoms with Crippen molar-refractivity contribution in [2.45, 2.75) is 45.9 Å². The van der Waals surface area contributed by atoms with Gasteiger partial charge < -0.3 is 19.5 Å². The van der Waals surface area contributed by atoms with Crippen molar-refractivity contribution in [2.75, 3.05) is 0 Å². The van der Waals surface area contributed by atoms with Crippen molar-refractivity contribution in [2.24, 2.45) is 0 Å². The molecular formula is C22H22N2O5. The van der Waals surface area contributed by atoms with Gasteiger partial charge in [0.05, 0.1) is 29.0 Å². The maximum Gasteiger partial charge on any atom is 0.335 e. The summed E-state index contributed by atoms with van der Waals surface area (Å²) in [5.74, 6) is -0.554. The van der Waals surface area contributed by atoms with E-state index in [0.717, 1.165) is 39.8 Å². The molecule has 4 rings (SSSR count). The molecule has 0 fully saturated rings. The van der Waals surface area contributed by atoms with Gasteiger partial charge in [0.1, 0.15) is 12.4 Å². The first-order valence-electron chi connectivity index (χ1n) is 9.66. The molecule has 0 saturated carbocycles. The molecule has 0 aliphatic carbocycles. The molecule has 0 saturated heterocycles. The van der Waals surface area contributed by atoms with Gasteiger partial charge in [-0.25, -0.2) is 9.78 Å². The predicted octanol–water partition coefficient (Wildman–Crippen LogP) is 2.51. The van der Waals surface area contributed by atoms with Crippen LogP contribution >= 0.6 is 0 Å². The fourth-order valence-corrected chi connectivity index (χ4v) is 3.81. The fraction of sp³-hybridized carbons (Fsp3) is 0.318. The Kier molecular flexibility index (Phi) is 4.84. The minimum atomic E-state index is -1.18. The number of ether oxygens (including phenoxy) is 1. The number of aliphatic hydroxyl groups is 1. The normalized spacial score (nSPS) is 13.2. The quantitative estimate of drug-likeness (QED) is 0.505. The zero-order valence-electron chi connectivity index (χ0n) is 16.3. The molecule has 3 aromatic rings. The Bertz CT molecular complexity index is 1180. The fourth-order valence-electron chi connectivity index (χ4n) is 3.81. The van der Waals surface area contributed by atoms with Gasteiger partial charge in [0, 0.05) is 10.9 Å². The van der Waals surface area contributed by atoms with Gasteiger partial charge in [-0.1, -0.05) is 13.8 Å². The number of rotatable bonds is 5. The Morgan fingerprint density at radius 1 is 1.28 bits per heavy atom. The summed E-state index contributed by atoms with van der Waals surface area (Å²) in [6.07, 6.45) is -0.185. The van der Waals surface area contributed by atoms with Crippen molar-refractivity contribution in [3.63, 3.8) is 0 Å². The Morgan fingerprint density at radius 2 is 2.07 bits per heavy atom. The number of nitrogens with zero attached hydrogens (tertiary/aromatic N) is 2. The van der Waals surface area contributed by atoms with Crippen LogP contribution in [0.5, 0.6) is 5.75 Å². The topological polar surface area (TPSA) is 102 Å². The number of aliphatic hydroxyl groups excluding tert-OH is 1. The van der Waals surface area contributed by atoms with E-state index in [-0.39, 0.29) is 24.3 Å². The number of benzene rings is 1. The number of aromatic nitrogens is 2. The van der Waals surface area contributed by atoms with Gasteiger partial charge in [0.15, 0.2) is 6.10 Å². The van der Waals surface area contributed by atoms with Crippen molar-refractivity contribution >= 4 is 16.9 Å². The number of fused-ring (bicyclic) bond motifs is 4. The maximum atomic E-state index is 13.0. The predicted molar refractivity (Wildman–Crippen MR) is 108 cm³/mol. The molecule has 1 aliphatic heterocycles. The van der Waals surface area contributed by atoms with Gasteiger partial charge >= 0.3 is 5.97 Å². The summed E-state index contributed by atoms with van der Waals surface area (Å²) in [5.41, 5.74) is 4.39. The number of aryl methyl sites for hydroxylation is 1. The number of hydrogen-bond acceptors (Lipinski definition) is 6. The zero-order chi connectivity index (χ0) is 20.7. The maximum absolute atomic E-state index is 13.0. The lowest BCUT2D eigenvalue weighted by atomic mass is 9.98. The lowest BCUT2D eigenvalue weighted by molar-refractivity contribution is -0.155. The van der Waals surface area contributed by atoms with Crippen LogP contribution in [-0.2, 0) is 29.1 Å². The van der Waals surface area contributed by atoms with Crippen LogP contribution in [0.1, 0.15) is 37.0 Å². The Morgan fingerprint density at radius 3 is 2.79 bits per heavy atom. The van der Waals surface area contributed by atoms with E-state index in [1.54, 1.807) is 35.8 Å². The summed E-state index contributed by atoms with van der Waals surface area (Å²) in [6, 6.07) is 8.54. The number of pyridine rings is 2. The molecule has 0 radical (unpaired) electrons. The lowest BCUT2D eigenvalue weighted by Crippen LogP contribution is -2.26. The molecule has 1 atom stereocenters. The molecule has 29 heavy (non-hydrogen) atoms. The summed E-state index contributed by atoms with van der Waals surface area (Å²) in [6.45, 7) is 3.91. The molecule has 0 amide bonds. The average Bonchev–Trinajstić information content (AvgIpc) is 3.09. The summed E-state index contributed by atoms with van der Waals surface area (Å²) < 4.78 is 6.71. The summed E-state index contributed by atoms with van der Waals surface area (Å²) in [7, 11) is 0. The molecule has 150 valence electrons. The Hall–Kier alpha value is -3.19. The van der Waals surface area contributed by atoms with Crippen LogP contribution in [-0.4, -0.2) is 31.8 Å². The summed E-state index contributed by atoms with van der Waals surface area (Å²) in [4.78, 5) is 29.4. The number of phenolic OH excluding ortho intramolecular Hbond substituents is 1. The first kappa shape index (κ1) is 19.1. The van der Waals surface area contributed by atoms with Crippen LogP contribution in [0.4, 0.5) is 0 Å². The number of phenols is 1. The Labute approximate surface area is 167 Å². The minimum Gasteiger partial charge on any atom is -0.508 e. The highest BCUT2D eigenvalue weighted by atomic mass is 16.5. The highest BCUT2D eigenvalue weighted by molar-refractivity contribution is 5.89. The first-order valence-corrected chi connectivity index (χ1v) is 9.66. The molecule has 2 aromatic heterocycles. The molecule has 0 spiro atoms. The van der Waals surface area contributed by atoms with Crippen LogP contribution in [0.15, 0.2) is 35.1 Å². The second-order valence-corrected chi connectivity index (χ2v) is 7.14. The molecule has 7 heteroatoms. The Balaban J connectivity index is 1.74. The summed E-state index contributed by atoms with van der Waals surface area (Å²) in [5, 5.41) is 20.3. The second kappa shape index (κ2) is 7.33. The van der Waals surface area contributed by atoms with Crippen molar-refractivity contribution in [3.8, 4) is 17.1 Å². The highest BCUT2D eigenvalue weighted by Crippen LogP contribution is 2.36. The van der Waals surface area contributed by atoms with Crippen molar-refractivity contribution < 1.29 is 19.7 Å². The second-order valence-electron chi connectivity index (χ2n) is 7.14. The van der Waals surface area contributed by atoms with Crippen LogP contribution < -0.4 is 5.56 Å². The number of aromatic hydroxyl groups is 1. The summed E-state index contributed by atoms with van der Waals surface area (Å²) >= 11 is 0. The minimum absolute atomic E-state index is 0.181. The third kappa shape index (κ3) is 3.17. The van der Waals surface area contributed by atoms with Gasteiger partial charge in [-0.15, -0.1) is 0 Å². The smallest absolute Gasteiger partial charge is 0.335 e. The van der Waals surface area contributed by atoms with Gasteiger partial charge in [-0.05, 0) is 48.7 Å². The van der Waals surface area contributed by atoms with E-state index >= 15 is 0 Å². The number of carbonyl (C=O) groups is 1. The van der Waals surface area contributed by atoms with Gasteiger partial charge in [0.2, 0.25) is 0 Å². The van der Waals surface area contributed by atoms with Crippen LogP contribution in [0.2, 0.25) is 0 Å². The largest absolute Gasteiger partial charge is 0.508 e. The molecular weight excluding hydrogens is 372 g/mol. The first-order chi connectivity index (χ1) is 13.9. The van der Waals surface area contributed by atoms with E-state index in [1.807, 2.05) is 13.0 Å². The van der Waals surface area contributed by atoms with Gasteiger partial charge in [0.25, 0.3) is 5.56 Å². The van der Waals surface area contributed by atoms with Crippen molar-refractivity contribution in [1.82, 2.24) is 9.55 Å². The van der Waals surface area contributed by atoms with E-state index in [4.69, 9.17) is 9.72 Å². The SMILES string of the molecule is CCc1c2c(nc3ccc(O)cc13)-c1ccc(COC(=O)C(O)CC)c(=O)n1C2. The average molecular weight is 394 g/mol. The van der Waals surface area contributed by atoms with Gasteiger partial charge in [-0.3, -0.25) is 4.79 Å². The van der Waals surface area contributed by atoms with Crippen LogP contribution in [0.3, 0.4) is 0 Å². The van der Waals surface area contributed by atoms with E-state index in [0.29, 0.717) is 12.1 Å². The molecule has 7 nitrogen and oxygen atoms in total. The molecule has 2 N–H and O–H groups in total. The van der Waals surface area contributed by atoms with E-state index in [1.165, 1.54) is 0 Å². The molecule has 3 heterocycles. The third-order valence-corrected chi connectivity index (χ3v) is 5.38. The zero-order valence-corrected chi connectivity index (χ0v) is 16.3. The highest BCUT2D eigenvalue weighted by Gasteiger charge is 2.26. The number of esters is 1. The molecule has 1 unspecified atom stereocenters. The molecule has 1 aromatic carbocycles. The van der Waals surface area contributed by atoms with E-state index in [9.17, 15) is 19.8 Å². The van der Waals surface area contributed by atoms with Crippen LogP contribution in [0.25, 0.3) is 22.3 Å². The molecule has 1 aliphatic rings. The molecule has 0 bridgehead atoms. The lowest BCUT2D eigenvalue weighted by Gasteiger charge is -2.10. The van der Waals surface area contributed by atoms with E-state index in [2.05, 4.69) is 0 Å². The number of hydrogen-bond donors (Lipinski definition) is 2. The monoisotopic (exact) mass is 394 g/mol.